The Kier molecular flexibility index (Phi) is 3.90. The van der Waals surface area contributed by atoms with E-state index in [-0.39, 0.29) is 17.7 Å². The van der Waals surface area contributed by atoms with Crippen molar-refractivity contribution in [2.75, 3.05) is 25.6 Å². The predicted octanol–water partition coefficient (Wildman–Crippen LogP) is 1.73. The quantitative estimate of drug-likeness (QED) is 0.761. The zero-order valence-electron chi connectivity index (χ0n) is 10.7. The van der Waals surface area contributed by atoms with Gasteiger partial charge in [0.1, 0.15) is 11.6 Å². The summed E-state index contributed by atoms with van der Waals surface area (Å²) in [6, 6.07) is 3.62. The van der Waals surface area contributed by atoms with Crippen LogP contribution in [0.2, 0.25) is 0 Å². The molecular formula is C13H17FN2O3. The number of benzene rings is 1. The van der Waals surface area contributed by atoms with Crippen LogP contribution in [0, 0.1) is 11.2 Å². The van der Waals surface area contributed by atoms with Gasteiger partial charge < -0.3 is 20.5 Å². The molecule has 0 radical (unpaired) electrons. The van der Waals surface area contributed by atoms with Gasteiger partial charge in [-0.25, -0.2) is 9.18 Å². The highest BCUT2D eigenvalue weighted by atomic mass is 19.1. The molecule has 19 heavy (non-hydrogen) atoms. The Morgan fingerprint density at radius 3 is 2.84 bits per heavy atom. The van der Waals surface area contributed by atoms with Crippen LogP contribution < -0.4 is 15.4 Å². The molecule has 0 saturated heterocycles. The van der Waals surface area contributed by atoms with Crippen molar-refractivity contribution < 1.29 is 19.0 Å². The summed E-state index contributed by atoms with van der Waals surface area (Å²) in [5.41, 5.74) is -0.115. The maximum Gasteiger partial charge on any atom is 0.319 e. The van der Waals surface area contributed by atoms with E-state index in [4.69, 9.17) is 9.84 Å². The third kappa shape index (κ3) is 3.35. The Balaban J connectivity index is 1.91. The number of rotatable bonds is 5. The second kappa shape index (κ2) is 5.44. The number of amides is 2. The SMILES string of the molecule is COc1ccc(F)c(NC(=O)NCC2(CO)CC2)c1. The summed E-state index contributed by atoms with van der Waals surface area (Å²) in [6.07, 6.45) is 1.80. The lowest BCUT2D eigenvalue weighted by atomic mass is 10.1. The van der Waals surface area contributed by atoms with Gasteiger partial charge in [-0.3, -0.25) is 0 Å². The van der Waals surface area contributed by atoms with Crippen molar-refractivity contribution in [2.45, 2.75) is 12.8 Å². The molecule has 0 unspecified atom stereocenters. The number of hydrogen-bond acceptors (Lipinski definition) is 3. The maximum atomic E-state index is 13.5. The molecule has 1 aromatic rings. The Bertz CT molecular complexity index is 475. The van der Waals surface area contributed by atoms with Crippen molar-refractivity contribution in [3.63, 3.8) is 0 Å². The van der Waals surface area contributed by atoms with Crippen LogP contribution in [0.1, 0.15) is 12.8 Å². The minimum absolute atomic E-state index is 0.0564. The van der Waals surface area contributed by atoms with Crippen LogP contribution in [0.25, 0.3) is 0 Å². The van der Waals surface area contributed by atoms with Gasteiger partial charge in [0.25, 0.3) is 0 Å². The molecule has 1 saturated carbocycles. The van der Waals surface area contributed by atoms with E-state index in [1.807, 2.05) is 0 Å². The number of urea groups is 1. The van der Waals surface area contributed by atoms with Gasteiger partial charge in [0, 0.05) is 18.0 Å². The molecule has 3 N–H and O–H groups in total. The van der Waals surface area contributed by atoms with Crippen LogP contribution in [0.3, 0.4) is 0 Å². The van der Waals surface area contributed by atoms with Crippen LogP contribution in [-0.4, -0.2) is 31.4 Å². The van der Waals surface area contributed by atoms with Gasteiger partial charge in [0.05, 0.1) is 19.4 Å². The van der Waals surface area contributed by atoms with Crippen LogP contribution >= 0.6 is 0 Å². The summed E-state index contributed by atoms with van der Waals surface area (Å²) in [5, 5.41) is 14.2. The lowest BCUT2D eigenvalue weighted by molar-refractivity contribution is 0.206. The fraction of sp³-hybridized carbons (Fsp3) is 0.462. The molecule has 1 aromatic carbocycles. The number of hydrogen-bond donors (Lipinski definition) is 3. The second-order valence-corrected chi connectivity index (χ2v) is 4.81. The Labute approximate surface area is 110 Å². The molecule has 5 nitrogen and oxygen atoms in total. The third-order valence-corrected chi connectivity index (χ3v) is 3.34. The number of aliphatic hydroxyl groups is 1. The molecule has 2 amide bonds. The third-order valence-electron chi connectivity index (χ3n) is 3.34. The van der Waals surface area contributed by atoms with E-state index >= 15 is 0 Å². The standard InChI is InChI=1S/C13H17FN2O3/c1-19-9-2-3-10(14)11(6-9)16-12(18)15-7-13(8-17)4-5-13/h2-3,6,17H,4-5,7-8H2,1H3,(H2,15,16,18). The highest BCUT2D eigenvalue weighted by molar-refractivity contribution is 5.89. The first-order valence-electron chi connectivity index (χ1n) is 6.08. The molecule has 0 aromatic heterocycles. The first-order chi connectivity index (χ1) is 9.08. The van der Waals surface area contributed by atoms with Gasteiger partial charge in [0.15, 0.2) is 0 Å². The number of methoxy groups -OCH3 is 1. The van der Waals surface area contributed by atoms with Crippen LogP contribution in [-0.2, 0) is 0 Å². The van der Waals surface area contributed by atoms with E-state index in [0.717, 1.165) is 12.8 Å². The average molecular weight is 268 g/mol. The number of halogens is 1. The minimum atomic E-state index is -0.528. The molecule has 0 spiro atoms. The highest BCUT2D eigenvalue weighted by Crippen LogP contribution is 2.44. The summed E-state index contributed by atoms with van der Waals surface area (Å²) in [5.74, 6) is -0.0648. The number of carbonyl (C=O) groups is 1. The summed E-state index contributed by atoms with van der Waals surface area (Å²) in [6.45, 7) is 0.446. The topological polar surface area (TPSA) is 70.6 Å². The van der Waals surface area contributed by atoms with Crippen LogP contribution in [0.15, 0.2) is 18.2 Å². The van der Waals surface area contributed by atoms with Gasteiger partial charge in [-0.2, -0.15) is 0 Å². The Morgan fingerprint density at radius 1 is 1.53 bits per heavy atom. The van der Waals surface area contributed by atoms with Crippen LogP contribution in [0.5, 0.6) is 5.75 Å². The molecule has 104 valence electrons. The van der Waals surface area contributed by atoms with Crippen molar-refractivity contribution >= 4 is 11.7 Å². The summed E-state index contributed by atoms with van der Waals surface area (Å²) < 4.78 is 18.4. The van der Waals surface area contributed by atoms with Crippen molar-refractivity contribution in [1.29, 1.82) is 0 Å². The Morgan fingerprint density at radius 2 is 2.26 bits per heavy atom. The smallest absolute Gasteiger partial charge is 0.319 e. The molecule has 6 heteroatoms. The van der Waals surface area contributed by atoms with Gasteiger partial charge in [-0.05, 0) is 25.0 Å². The summed E-state index contributed by atoms with van der Waals surface area (Å²) in [4.78, 5) is 11.6. The first-order valence-corrected chi connectivity index (χ1v) is 6.08. The van der Waals surface area contributed by atoms with E-state index < -0.39 is 11.8 Å². The van der Waals surface area contributed by atoms with Crippen molar-refractivity contribution in [1.82, 2.24) is 5.32 Å². The highest BCUT2D eigenvalue weighted by Gasteiger charge is 2.42. The molecule has 0 heterocycles. The lowest BCUT2D eigenvalue weighted by Gasteiger charge is -2.14. The molecular weight excluding hydrogens is 251 g/mol. The number of aliphatic hydroxyl groups excluding tert-OH is 1. The number of anilines is 1. The van der Waals surface area contributed by atoms with Gasteiger partial charge in [-0.15, -0.1) is 0 Å². The zero-order chi connectivity index (χ0) is 13.9. The largest absolute Gasteiger partial charge is 0.497 e. The van der Waals surface area contributed by atoms with Gasteiger partial charge >= 0.3 is 6.03 Å². The number of nitrogens with one attached hydrogen (secondary N) is 2. The van der Waals surface area contributed by atoms with E-state index in [1.54, 1.807) is 0 Å². The van der Waals surface area contributed by atoms with Crippen molar-refractivity contribution in [2.24, 2.45) is 5.41 Å². The van der Waals surface area contributed by atoms with Crippen molar-refractivity contribution in [3.05, 3.63) is 24.0 Å². The normalized spacial score (nSPS) is 15.7. The number of ether oxygens (including phenoxy) is 1. The number of carbonyl (C=O) groups excluding carboxylic acids is 1. The van der Waals surface area contributed by atoms with Crippen molar-refractivity contribution in [3.8, 4) is 5.75 Å². The van der Waals surface area contributed by atoms with Crippen LogP contribution in [0.4, 0.5) is 14.9 Å². The molecule has 1 fully saturated rings. The molecule has 0 bridgehead atoms. The minimum Gasteiger partial charge on any atom is -0.497 e. The molecule has 0 aliphatic heterocycles. The lowest BCUT2D eigenvalue weighted by Crippen LogP contribution is -2.35. The second-order valence-electron chi connectivity index (χ2n) is 4.81. The molecule has 1 aliphatic rings. The summed E-state index contributed by atoms with van der Waals surface area (Å²) >= 11 is 0. The first kappa shape index (κ1) is 13.6. The fourth-order valence-electron chi connectivity index (χ4n) is 1.73. The maximum absolute atomic E-state index is 13.5. The van der Waals surface area contributed by atoms with E-state index in [1.165, 1.54) is 25.3 Å². The zero-order valence-corrected chi connectivity index (χ0v) is 10.7. The Hall–Kier alpha value is -1.82. The molecule has 0 atom stereocenters. The van der Waals surface area contributed by atoms with E-state index in [2.05, 4.69) is 10.6 Å². The molecule has 2 rings (SSSR count). The fourth-order valence-corrected chi connectivity index (χ4v) is 1.73. The average Bonchev–Trinajstić information content (AvgIpc) is 3.20. The van der Waals surface area contributed by atoms with E-state index in [0.29, 0.717) is 12.3 Å². The van der Waals surface area contributed by atoms with Gasteiger partial charge in [-0.1, -0.05) is 0 Å². The predicted molar refractivity (Wildman–Crippen MR) is 68.7 cm³/mol. The summed E-state index contributed by atoms with van der Waals surface area (Å²) in [7, 11) is 1.47. The van der Waals surface area contributed by atoms with E-state index in [9.17, 15) is 9.18 Å². The van der Waals surface area contributed by atoms with Gasteiger partial charge in [0.2, 0.25) is 0 Å². The molecule has 1 aliphatic carbocycles. The monoisotopic (exact) mass is 268 g/mol.